The summed E-state index contributed by atoms with van der Waals surface area (Å²) in [6.07, 6.45) is 5.86. The van der Waals surface area contributed by atoms with Crippen molar-refractivity contribution in [3.05, 3.63) is 93.5 Å². The van der Waals surface area contributed by atoms with Gasteiger partial charge in [-0.1, -0.05) is 25.1 Å². The SMILES string of the molecule is COc1ccc2cc1Oc1ccc(cc1)CC1c3cc(c(OC)cc3CCN1C)Oc1c(OC)c(OC)c(CN3CCCC(C)C3)c3c1C(C2)N(C)CC3. The first-order valence-electron chi connectivity index (χ1n) is 19.5. The molecular weight excluding hydrogens is 679 g/mol. The molecule has 1 fully saturated rings. The van der Waals surface area contributed by atoms with E-state index >= 15 is 0 Å². The Morgan fingerprint density at radius 3 is 2.15 bits per heavy atom. The Morgan fingerprint density at radius 1 is 0.704 bits per heavy atom. The molecule has 0 N–H and O–H groups in total. The van der Waals surface area contributed by atoms with Crippen molar-refractivity contribution in [3.8, 4) is 46.0 Å². The number of fused-ring (bicyclic) bond motifs is 2. The number of likely N-dealkylation sites (tertiary alicyclic amines) is 1. The first-order valence-corrected chi connectivity index (χ1v) is 19.5. The lowest BCUT2D eigenvalue weighted by atomic mass is 9.84. The molecule has 5 heterocycles. The fraction of sp³-hybridized carbons (Fsp3) is 0.467. The lowest BCUT2D eigenvalue weighted by Crippen LogP contribution is -2.37. The van der Waals surface area contributed by atoms with Gasteiger partial charge < -0.3 is 28.4 Å². The van der Waals surface area contributed by atoms with Gasteiger partial charge in [0, 0.05) is 49.4 Å². The Hall–Kier alpha value is -4.44. The normalized spacial score (nSPS) is 21.6. The summed E-state index contributed by atoms with van der Waals surface area (Å²) in [6, 6.07) is 19.3. The Balaban J connectivity index is 1.37. The zero-order chi connectivity index (χ0) is 37.5. The van der Waals surface area contributed by atoms with E-state index in [0.29, 0.717) is 34.7 Å². The van der Waals surface area contributed by atoms with Crippen LogP contribution in [0, 0.1) is 5.92 Å². The highest BCUT2D eigenvalue weighted by molar-refractivity contribution is 5.67. The van der Waals surface area contributed by atoms with E-state index in [0.717, 1.165) is 86.8 Å². The summed E-state index contributed by atoms with van der Waals surface area (Å²) in [6.45, 7) is 7.17. The van der Waals surface area contributed by atoms with E-state index in [4.69, 9.17) is 28.4 Å². The number of benzene rings is 4. The van der Waals surface area contributed by atoms with Crippen LogP contribution in [0.1, 0.15) is 70.8 Å². The Bertz CT molecular complexity index is 2000. The summed E-state index contributed by atoms with van der Waals surface area (Å²) >= 11 is 0. The van der Waals surface area contributed by atoms with Crippen LogP contribution < -0.4 is 28.4 Å². The lowest BCUT2D eigenvalue weighted by molar-refractivity contribution is 0.171. The topological polar surface area (TPSA) is 65.1 Å². The van der Waals surface area contributed by atoms with Gasteiger partial charge in [-0.3, -0.25) is 14.7 Å². The molecule has 6 bridgehead atoms. The molecule has 54 heavy (non-hydrogen) atoms. The fourth-order valence-corrected chi connectivity index (χ4v) is 9.33. The van der Waals surface area contributed by atoms with E-state index in [1.807, 2.05) is 6.07 Å². The average molecular weight is 734 g/mol. The minimum atomic E-state index is -0.0236. The van der Waals surface area contributed by atoms with E-state index in [1.54, 1.807) is 28.4 Å². The number of likely N-dealkylation sites (N-methyl/N-ethyl adjacent to an activating group) is 2. The zero-order valence-electron chi connectivity index (χ0n) is 33.0. The number of rotatable bonds is 6. The summed E-state index contributed by atoms with van der Waals surface area (Å²) in [5.41, 5.74) is 8.55. The molecule has 0 aromatic heterocycles. The van der Waals surface area contributed by atoms with Crippen molar-refractivity contribution in [3.63, 3.8) is 0 Å². The third-order valence-corrected chi connectivity index (χ3v) is 12.2. The third-order valence-electron chi connectivity index (χ3n) is 12.2. The molecule has 0 radical (unpaired) electrons. The highest BCUT2D eigenvalue weighted by atomic mass is 16.5. The van der Waals surface area contributed by atoms with Gasteiger partial charge in [0.25, 0.3) is 0 Å². The molecular formula is C45H55N3O6. The van der Waals surface area contributed by atoms with Crippen LogP contribution in [0.3, 0.4) is 0 Å². The van der Waals surface area contributed by atoms with Gasteiger partial charge in [-0.2, -0.15) is 0 Å². The molecule has 0 aliphatic carbocycles. The van der Waals surface area contributed by atoms with Crippen LogP contribution in [0.4, 0.5) is 0 Å². The molecule has 286 valence electrons. The predicted molar refractivity (Wildman–Crippen MR) is 211 cm³/mol. The number of nitrogens with zero attached hydrogens (tertiary/aromatic N) is 3. The van der Waals surface area contributed by atoms with Crippen molar-refractivity contribution in [2.75, 3.05) is 68.7 Å². The Labute approximate surface area is 320 Å². The van der Waals surface area contributed by atoms with Crippen LogP contribution in [-0.2, 0) is 32.2 Å². The highest BCUT2D eigenvalue weighted by Crippen LogP contribution is 2.54. The van der Waals surface area contributed by atoms with Crippen molar-refractivity contribution in [1.82, 2.24) is 14.7 Å². The van der Waals surface area contributed by atoms with Gasteiger partial charge in [0.1, 0.15) is 5.75 Å². The quantitative estimate of drug-likeness (QED) is 0.195. The maximum atomic E-state index is 7.28. The molecule has 0 spiro atoms. The van der Waals surface area contributed by atoms with Crippen LogP contribution in [0.2, 0.25) is 0 Å². The molecule has 0 saturated carbocycles. The second kappa shape index (κ2) is 15.4. The van der Waals surface area contributed by atoms with Crippen LogP contribution in [0.15, 0.2) is 54.6 Å². The molecule has 4 aromatic rings. The van der Waals surface area contributed by atoms with Crippen LogP contribution in [0.25, 0.3) is 0 Å². The van der Waals surface area contributed by atoms with Crippen LogP contribution in [-0.4, -0.2) is 83.4 Å². The first-order chi connectivity index (χ1) is 26.3. The monoisotopic (exact) mass is 733 g/mol. The summed E-state index contributed by atoms with van der Waals surface area (Å²) in [4.78, 5) is 7.49. The zero-order valence-corrected chi connectivity index (χ0v) is 33.0. The van der Waals surface area contributed by atoms with Crippen molar-refractivity contribution >= 4 is 0 Å². The van der Waals surface area contributed by atoms with Gasteiger partial charge in [0.2, 0.25) is 5.75 Å². The van der Waals surface area contributed by atoms with Gasteiger partial charge in [0.05, 0.1) is 28.4 Å². The minimum Gasteiger partial charge on any atom is -0.493 e. The second-order valence-electron chi connectivity index (χ2n) is 15.7. The molecule has 5 aliphatic rings. The molecule has 9 nitrogen and oxygen atoms in total. The van der Waals surface area contributed by atoms with E-state index in [-0.39, 0.29) is 12.1 Å². The Morgan fingerprint density at radius 2 is 1.41 bits per heavy atom. The third kappa shape index (κ3) is 6.86. The number of piperidine rings is 1. The first kappa shape index (κ1) is 36.5. The van der Waals surface area contributed by atoms with Crippen molar-refractivity contribution < 1.29 is 28.4 Å². The maximum Gasteiger partial charge on any atom is 0.204 e. The average Bonchev–Trinajstić information content (AvgIpc) is 3.17. The minimum absolute atomic E-state index is 0.0236. The number of hydrogen-bond acceptors (Lipinski definition) is 9. The van der Waals surface area contributed by atoms with Crippen molar-refractivity contribution in [1.29, 1.82) is 0 Å². The largest absolute Gasteiger partial charge is 0.493 e. The summed E-state index contributed by atoms with van der Waals surface area (Å²) in [7, 11) is 11.4. The second-order valence-corrected chi connectivity index (χ2v) is 15.7. The van der Waals surface area contributed by atoms with Crippen LogP contribution >= 0.6 is 0 Å². The van der Waals surface area contributed by atoms with Gasteiger partial charge in [-0.05, 0) is 129 Å². The van der Waals surface area contributed by atoms with E-state index in [9.17, 15) is 0 Å². The standard InChI is InChI=1S/C45H55N3O6/c1-28-9-8-18-48(26-28)27-35-33-17-20-47(3)37-22-30-12-15-38(49-4)40(23-30)53-32-13-10-29(11-14-32)21-36-34-25-41(39(50-5)24-31(34)16-19-46(36)2)54-44(42(33)37)45(52-7)43(35)51-6/h10-15,23-25,28,36-37H,8-9,16-22,26-27H2,1-7H3. The van der Waals surface area contributed by atoms with Crippen molar-refractivity contribution in [2.24, 2.45) is 5.92 Å². The number of hydrogen-bond donors (Lipinski definition) is 0. The molecule has 5 aliphatic heterocycles. The van der Waals surface area contributed by atoms with Gasteiger partial charge in [-0.15, -0.1) is 0 Å². The summed E-state index contributed by atoms with van der Waals surface area (Å²) < 4.78 is 38.5. The molecule has 4 aromatic carbocycles. The summed E-state index contributed by atoms with van der Waals surface area (Å²) in [5.74, 6) is 6.31. The number of methoxy groups -OCH3 is 4. The van der Waals surface area contributed by atoms with E-state index in [1.165, 1.54) is 40.7 Å². The predicted octanol–water partition coefficient (Wildman–Crippen LogP) is 8.39. The molecule has 1 saturated heterocycles. The van der Waals surface area contributed by atoms with Crippen LogP contribution in [0.5, 0.6) is 46.0 Å². The Kier molecular flexibility index (Phi) is 10.4. The summed E-state index contributed by atoms with van der Waals surface area (Å²) in [5, 5.41) is 0. The lowest BCUT2D eigenvalue weighted by Gasteiger charge is -2.39. The molecule has 9 rings (SSSR count). The van der Waals surface area contributed by atoms with E-state index < -0.39 is 0 Å². The van der Waals surface area contributed by atoms with Gasteiger partial charge >= 0.3 is 0 Å². The maximum absolute atomic E-state index is 7.28. The van der Waals surface area contributed by atoms with Gasteiger partial charge in [-0.25, -0.2) is 0 Å². The van der Waals surface area contributed by atoms with Crippen molar-refractivity contribution in [2.45, 2.75) is 64.1 Å². The van der Waals surface area contributed by atoms with Gasteiger partial charge in [0.15, 0.2) is 34.5 Å². The number of ether oxygens (including phenoxy) is 6. The molecule has 0 amide bonds. The smallest absolute Gasteiger partial charge is 0.204 e. The molecule has 9 heteroatoms. The molecule has 3 unspecified atom stereocenters. The highest BCUT2D eigenvalue weighted by Gasteiger charge is 2.38. The van der Waals surface area contributed by atoms with E-state index in [2.05, 4.69) is 84.2 Å². The fourth-order valence-electron chi connectivity index (χ4n) is 9.33. The molecule has 3 atom stereocenters.